The van der Waals surface area contributed by atoms with Crippen LogP contribution in [0.2, 0.25) is 0 Å². The van der Waals surface area contributed by atoms with E-state index in [0.717, 1.165) is 45.7 Å². The zero-order valence-corrected chi connectivity index (χ0v) is 21.8. The van der Waals surface area contributed by atoms with Crippen molar-refractivity contribution in [3.63, 3.8) is 0 Å². The summed E-state index contributed by atoms with van der Waals surface area (Å²) in [7, 11) is 0. The van der Waals surface area contributed by atoms with E-state index < -0.39 is 0 Å². The molecule has 7 rings (SSSR count). The van der Waals surface area contributed by atoms with Gasteiger partial charge < -0.3 is 24.6 Å². The van der Waals surface area contributed by atoms with Gasteiger partial charge in [-0.15, -0.1) is 0 Å². The van der Waals surface area contributed by atoms with E-state index >= 15 is 0 Å². The number of ether oxygens (including phenoxy) is 1. The van der Waals surface area contributed by atoms with Crippen molar-refractivity contribution in [2.75, 3.05) is 18.4 Å². The van der Waals surface area contributed by atoms with E-state index in [0.29, 0.717) is 44.1 Å². The molecule has 0 radical (unpaired) electrons. The molecule has 5 heterocycles. The van der Waals surface area contributed by atoms with Crippen molar-refractivity contribution in [3.05, 3.63) is 72.3 Å². The van der Waals surface area contributed by atoms with Gasteiger partial charge in [0, 0.05) is 54.6 Å². The Labute approximate surface area is 226 Å². The van der Waals surface area contributed by atoms with Gasteiger partial charge in [0.1, 0.15) is 23.5 Å². The fraction of sp³-hybridized carbons (Fsp3) is 0.333. The minimum Gasteiger partial charge on any atom is -0.439 e. The predicted molar refractivity (Wildman–Crippen MR) is 148 cm³/mol. The predicted octanol–water partition coefficient (Wildman–Crippen LogP) is 4.72. The first-order chi connectivity index (χ1) is 19.0. The van der Waals surface area contributed by atoms with Crippen molar-refractivity contribution in [2.45, 2.75) is 50.8 Å². The van der Waals surface area contributed by atoms with Crippen LogP contribution in [-0.2, 0) is 11.3 Å². The summed E-state index contributed by atoms with van der Waals surface area (Å²) < 4.78 is 8.45. The fourth-order valence-corrected chi connectivity index (χ4v) is 6.31. The number of rotatable bonds is 5. The lowest BCUT2D eigenvalue weighted by atomic mass is 9.87. The number of aryl methyl sites for hydroxylation is 1. The van der Waals surface area contributed by atoms with Crippen LogP contribution >= 0.6 is 0 Å². The van der Waals surface area contributed by atoms with Crippen molar-refractivity contribution in [1.82, 2.24) is 24.4 Å². The van der Waals surface area contributed by atoms with Gasteiger partial charge in [0.25, 0.3) is 0 Å². The minimum atomic E-state index is -0.305. The third-order valence-corrected chi connectivity index (χ3v) is 8.21. The molecule has 0 bridgehead atoms. The molecule has 39 heavy (non-hydrogen) atoms. The summed E-state index contributed by atoms with van der Waals surface area (Å²) >= 11 is 0. The second kappa shape index (κ2) is 9.20. The topological polar surface area (TPSA) is 105 Å². The molecule has 1 amide bonds. The molecule has 4 aromatic rings. The van der Waals surface area contributed by atoms with Gasteiger partial charge >= 0.3 is 0 Å². The van der Waals surface area contributed by atoms with Crippen molar-refractivity contribution in [3.8, 4) is 22.8 Å². The van der Waals surface area contributed by atoms with E-state index in [1.54, 1.807) is 6.33 Å². The number of benzene rings is 1. The molecule has 9 nitrogen and oxygen atoms in total. The number of fused-ring (bicyclic) bond motifs is 2. The highest BCUT2D eigenvalue weighted by Crippen LogP contribution is 2.50. The van der Waals surface area contributed by atoms with Gasteiger partial charge in [-0.25, -0.2) is 15.0 Å². The molecule has 0 spiro atoms. The standard InChI is InChI=1S/C30H30N6O3/c1-3-25(38)35-10-9-18(15-35)28-26-23-8-7-22(39-24-6-4-5-17(2)34-24)11-19(23)14-31-29-27(26)30(33-16-32-29)36(28)20-12-21(37)13-20/h3-8,11,16,18,20-21,37H,1,9-10,12-15H2,2H3,(H,31,32,33). The second-order valence-electron chi connectivity index (χ2n) is 10.7. The number of amides is 1. The highest BCUT2D eigenvalue weighted by molar-refractivity contribution is 6.05. The number of aromatic nitrogens is 4. The second-order valence-corrected chi connectivity index (χ2v) is 10.7. The van der Waals surface area contributed by atoms with Gasteiger partial charge in [-0.05, 0) is 61.6 Å². The number of aliphatic hydroxyl groups excluding tert-OH is 1. The molecule has 1 atom stereocenters. The van der Waals surface area contributed by atoms with Gasteiger partial charge in [0.15, 0.2) is 0 Å². The van der Waals surface area contributed by atoms with E-state index in [2.05, 4.69) is 38.6 Å². The van der Waals surface area contributed by atoms with E-state index in [4.69, 9.17) is 9.72 Å². The maximum atomic E-state index is 12.5. The van der Waals surface area contributed by atoms with E-state index in [-0.39, 0.29) is 24.0 Å². The number of hydrogen-bond acceptors (Lipinski definition) is 7. The smallest absolute Gasteiger partial charge is 0.245 e. The number of hydrogen-bond donors (Lipinski definition) is 2. The summed E-state index contributed by atoms with van der Waals surface area (Å²) in [5.41, 5.74) is 6.24. The summed E-state index contributed by atoms with van der Waals surface area (Å²) in [6.45, 7) is 7.52. The number of anilines is 1. The van der Waals surface area contributed by atoms with Crippen LogP contribution in [0.25, 0.3) is 22.2 Å². The van der Waals surface area contributed by atoms with Crippen molar-refractivity contribution >= 4 is 22.8 Å². The minimum absolute atomic E-state index is 0.0424. The lowest BCUT2D eigenvalue weighted by Crippen LogP contribution is -2.33. The van der Waals surface area contributed by atoms with E-state index in [1.807, 2.05) is 36.1 Å². The molecular formula is C30H30N6O3. The van der Waals surface area contributed by atoms with Gasteiger partial charge in [0.05, 0.1) is 11.5 Å². The van der Waals surface area contributed by atoms with Crippen molar-refractivity contribution in [1.29, 1.82) is 0 Å². The number of aliphatic hydroxyl groups is 1. The zero-order chi connectivity index (χ0) is 26.7. The molecule has 1 saturated heterocycles. The average Bonchev–Trinajstić information content (AvgIpc) is 3.49. The van der Waals surface area contributed by atoms with Crippen LogP contribution < -0.4 is 10.1 Å². The summed E-state index contributed by atoms with van der Waals surface area (Å²) in [6, 6.07) is 12.0. The number of carbonyl (C=O) groups is 1. The van der Waals surface area contributed by atoms with Crippen molar-refractivity contribution in [2.24, 2.45) is 0 Å². The van der Waals surface area contributed by atoms with Crippen LogP contribution in [0.3, 0.4) is 0 Å². The molecule has 1 aliphatic carbocycles. The van der Waals surface area contributed by atoms with E-state index in [9.17, 15) is 9.90 Å². The van der Waals surface area contributed by atoms with Crippen LogP contribution in [0.5, 0.6) is 11.6 Å². The first kappa shape index (κ1) is 23.8. The van der Waals surface area contributed by atoms with Gasteiger partial charge in [-0.1, -0.05) is 18.7 Å². The van der Waals surface area contributed by atoms with Gasteiger partial charge in [-0.2, -0.15) is 0 Å². The molecule has 2 fully saturated rings. The first-order valence-electron chi connectivity index (χ1n) is 13.5. The number of nitrogens with one attached hydrogen (secondary N) is 1. The molecule has 1 unspecified atom stereocenters. The molecule has 2 aliphatic heterocycles. The Morgan fingerprint density at radius 3 is 2.90 bits per heavy atom. The summed E-state index contributed by atoms with van der Waals surface area (Å²) in [5, 5.41) is 14.7. The Morgan fingerprint density at radius 1 is 1.23 bits per heavy atom. The Balaban J connectivity index is 1.39. The summed E-state index contributed by atoms with van der Waals surface area (Å²) in [4.78, 5) is 28.2. The van der Waals surface area contributed by atoms with Gasteiger partial charge in [0.2, 0.25) is 11.8 Å². The van der Waals surface area contributed by atoms with Crippen LogP contribution in [0.15, 0.2) is 55.4 Å². The molecule has 3 aromatic heterocycles. The lowest BCUT2D eigenvalue weighted by Gasteiger charge is -2.35. The molecule has 2 N–H and O–H groups in total. The molecular weight excluding hydrogens is 492 g/mol. The van der Waals surface area contributed by atoms with Crippen LogP contribution in [0.4, 0.5) is 5.82 Å². The maximum Gasteiger partial charge on any atom is 0.245 e. The molecule has 1 aromatic carbocycles. The molecule has 9 heteroatoms. The first-order valence-corrected chi connectivity index (χ1v) is 13.5. The number of carbonyl (C=O) groups excluding carboxylic acids is 1. The molecule has 1 saturated carbocycles. The molecule has 3 aliphatic rings. The Morgan fingerprint density at radius 2 is 2.10 bits per heavy atom. The number of likely N-dealkylation sites (tertiary alicyclic amines) is 1. The summed E-state index contributed by atoms with van der Waals surface area (Å²) in [6.07, 6.45) is 4.93. The zero-order valence-electron chi connectivity index (χ0n) is 21.8. The van der Waals surface area contributed by atoms with Gasteiger partial charge in [-0.3, -0.25) is 4.79 Å². The largest absolute Gasteiger partial charge is 0.439 e. The average molecular weight is 523 g/mol. The maximum absolute atomic E-state index is 12.5. The summed E-state index contributed by atoms with van der Waals surface area (Å²) in [5.74, 6) is 2.15. The third-order valence-electron chi connectivity index (χ3n) is 8.21. The lowest BCUT2D eigenvalue weighted by molar-refractivity contribution is -0.125. The SMILES string of the molecule is C=CC(=O)N1CCC(c2c3c4c(ncnc4n2C2CC(O)C2)NCc2cc(Oc4cccc(C)n4)ccc2-3)C1. The van der Waals surface area contributed by atoms with Crippen LogP contribution in [-0.4, -0.2) is 54.6 Å². The third kappa shape index (κ3) is 3.96. The Hall–Kier alpha value is -4.24. The normalized spacial score (nSPS) is 21.6. The Bertz CT molecular complexity index is 1620. The number of pyridine rings is 1. The Kier molecular flexibility index (Phi) is 5.62. The fourth-order valence-electron chi connectivity index (χ4n) is 6.31. The molecule has 198 valence electrons. The van der Waals surface area contributed by atoms with Crippen LogP contribution in [0.1, 0.15) is 48.2 Å². The highest BCUT2D eigenvalue weighted by Gasteiger charge is 2.39. The highest BCUT2D eigenvalue weighted by atomic mass is 16.5. The van der Waals surface area contributed by atoms with Crippen molar-refractivity contribution < 1.29 is 14.6 Å². The monoisotopic (exact) mass is 522 g/mol. The quantitative estimate of drug-likeness (QED) is 0.366. The van der Waals surface area contributed by atoms with E-state index in [1.165, 1.54) is 11.8 Å². The van der Waals surface area contributed by atoms with Crippen LogP contribution in [0, 0.1) is 6.92 Å². The number of nitrogens with zero attached hydrogens (tertiary/aromatic N) is 5.